The Morgan fingerprint density at radius 3 is 2.11 bits per heavy atom. The third kappa shape index (κ3) is 3.92. The topological polar surface area (TPSA) is 9.23 Å². The molecule has 0 heterocycles. The van der Waals surface area contributed by atoms with Gasteiger partial charge in [-0.05, 0) is 36.1 Å². The van der Waals surface area contributed by atoms with Crippen molar-refractivity contribution in [2.75, 3.05) is 6.61 Å². The van der Waals surface area contributed by atoms with Gasteiger partial charge in [-0.15, -0.1) is 0 Å². The van der Waals surface area contributed by atoms with Crippen LogP contribution < -0.4 is 4.74 Å². The summed E-state index contributed by atoms with van der Waals surface area (Å²) < 4.78 is 5.73. The first-order chi connectivity index (χ1) is 8.88. The lowest BCUT2D eigenvalue weighted by molar-refractivity contribution is 0.322. The number of aryl methyl sites for hydroxylation is 1. The van der Waals surface area contributed by atoms with Gasteiger partial charge < -0.3 is 4.74 Å². The van der Waals surface area contributed by atoms with Gasteiger partial charge in [0.15, 0.2) is 0 Å². The van der Waals surface area contributed by atoms with E-state index in [-0.39, 0.29) is 0 Å². The van der Waals surface area contributed by atoms with Crippen LogP contribution in [0.2, 0.25) is 0 Å². The molecule has 2 rings (SSSR count). The van der Waals surface area contributed by atoms with Crippen molar-refractivity contribution in [2.45, 2.75) is 19.3 Å². The van der Waals surface area contributed by atoms with Gasteiger partial charge in [0, 0.05) is 6.42 Å². The van der Waals surface area contributed by atoms with Crippen LogP contribution in [-0.2, 0) is 12.8 Å². The quantitative estimate of drug-likeness (QED) is 0.738. The highest BCUT2D eigenvalue weighted by molar-refractivity contribution is 5.27. The molecule has 0 saturated carbocycles. The molecule has 0 aliphatic heterocycles. The Morgan fingerprint density at radius 1 is 0.778 bits per heavy atom. The van der Waals surface area contributed by atoms with E-state index < -0.39 is 0 Å². The van der Waals surface area contributed by atoms with Crippen LogP contribution in [0.15, 0.2) is 54.6 Å². The van der Waals surface area contributed by atoms with Crippen molar-refractivity contribution >= 4 is 0 Å². The second kappa shape index (κ2) is 6.85. The summed E-state index contributed by atoms with van der Waals surface area (Å²) in [5.74, 6) is 0.943. The number of ether oxygens (including phenoxy) is 1. The molecule has 0 amide bonds. The molecule has 0 saturated heterocycles. The highest BCUT2D eigenvalue weighted by atomic mass is 16.5. The standard InChI is InChI=1S/C17H19O/c1-2-6-15-9-11-17(12-10-15)18-14-13-16-7-4-3-5-8-16/h3-5,7-12H,1-2,6,13-14H2. The zero-order valence-electron chi connectivity index (χ0n) is 10.6. The molecule has 0 bridgehead atoms. The lowest BCUT2D eigenvalue weighted by Crippen LogP contribution is -2.01. The fraction of sp³-hybridized carbons (Fsp3) is 0.235. The van der Waals surface area contributed by atoms with E-state index in [4.69, 9.17) is 4.74 Å². The summed E-state index contributed by atoms with van der Waals surface area (Å²) in [6, 6.07) is 18.7. The molecule has 1 radical (unpaired) electrons. The Balaban J connectivity index is 1.80. The van der Waals surface area contributed by atoms with Crippen LogP contribution in [0, 0.1) is 6.92 Å². The number of benzene rings is 2. The maximum absolute atomic E-state index is 5.73. The van der Waals surface area contributed by atoms with Gasteiger partial charge in [0.1, 0.15) is 5.75 Å². The first kappa shape index (κ1) is 12.7. The van der Waals surface area contributed by atoms with Crippen LogP contribution in [0.1, 0.15) is 17.5 Å². The molecule has 0 fully saturated rings. The Labute approximate surface area is 109 Å². The van der Waals surface area contributed by atoms with E-state index in [0.29, 0.717) is 0 Å². The summed E-state index contributed by atoms with van der Waals surface area (Å²) >= 11 is 0. The minimum absolute atomic E-state index is 0.721. The fourth-order valence-corrected chi connectivity index (χ4v) is 1.89. The summed E-state index contributed by atoms with van der Waals surface area (Å²) in [7, 11) is 0. The molecule has 0 atom stereocenters. The van der Waals surface area contributed by atoms with E-state index in [9.17, 15) is 0 Å². The summed E-state index contributed by atoms with van der Waals surface area (Å²) in [5, 5.41) is 0. The van der Waals surface area contributed by atoms with Gasteiger partial charge in [-0.25, -0.2) is 0 Å². The molecule has 0 aromatic heterocycles. The molecule has 18 heavy (non-hydrogen) atoms. The van der Waals surface area contributed by atoms with E-state index in [1.807, 2.05) is 18.2 Å². The maximum Gasteiger partial charge on any atom is 0.119 e. The van der Waals surface area contributed by atoms with Crippen molar-refractivity contribution in [1.29, 1.82) is 0 Å². The van der Waals surface area contributed by atoms with Crippen molar-refractivity contribution in [2.24, 2.45) is 0 Å². The van der Waals surface area contributed by atoms with Crippen LogP contribution in [0.25, 0.3) is 0 Å². The van der Waals surface area contributed by atoms with Gasteiger partial charge in [0.2, 0.25) is 0 Å². The summed E-state index contributed by atoms with van der Waals surface area (Å²) in [6.45, 7) is 4.58. The van der Waals surface area contributed by atoms with Crippen molar-refractivity contribution in [3.63, 3.8) is 0 Å². The Hall–Kier alpha value is -1.76. The first-order valence-corrected chi connectivity index (χ1v) is 6.43. The van der Waals surface area contributed by atoms with Crippen molar-refractivity contribution in [3.8, 4) is 5.75 Å². The van der Waals surface area contributed by atoms with E-state index in [0.717, 1.165) is 31.6 Å². The summed E-state index contributed by atoms with van der Waals surface area (Å²) in [4.78, 5) is 0. The summed E-state index contributed by atoms with van der Waals surface area (Å²) in [5.41, 5.74) is 2.63. The maximum atomic E-state index is 5.73. The minimum atomic E-state index is 0.721. The predicted octanol–water partition coefficient (Wildman–Crippen LogP) is 4.07. The van der Waals surface area contributed by atoms with Gasteiger partial charge >= 0.3 is 0 Å². The van der Waals surface area contributed by atoms with Crippen LogP contribution in [0.3, 0.4) is 0 Å². The van der Waals surface area contributed by atoms with Crippen LogP contribution >= 0.6 is 0 Å². The van der Waals surface area contributed by atoms with E-state index >= 15 is 0 Å². The molecule has 2 aromatic rings. The fourth-order valence-electron chi connectivity index (χ4n) is 1.89. The monoisotopic (exact) mass is 239 g/mol. The smallest absolute Gasteiger partial charge is 0.119 e. The highest BCUT2D eigenvalue weighted by Crippen LogP contribution is 2.13. The minimum Gasteiger partial charge on any atom is -0.493 e. The lowest BCUT2D eigenvalue weighted by atomic mass is 10.1. The molecular weight excluding hydrogens is 220 g/mol. The average Bonchev–Trinajstić information content (AvgIpc) is 2.42. The zero-order chi connectivity index (χ0) is 12.6. The second-order valence-electron chi connectivity index (χ2n) is 4.33. The molecule has 0 N–H and O–H groups in total. The number of hydrogen-bond acceptors (Lipinski definition) is 1. The second-order valence-corrected chi connectivity index (χ2v) is 4.33. The molecule has 0 aliphatic carbocycles. The van der Waals surface area contributed by atoms with Crippen molar-refractivity contribution in [1.82, 2.24) is 0 Å². The van der Waals surface area contributed by atoms with Crippen molar-refractivity contribution in [3.05, 3.63) is 72.6 Å². The van der Waals surface area contributed by atoms with Gasteiger partial charge in [-0.3, -0.25) is 0 Å². The van der Waals surface area contributed by atoms with Crippen molar-refractivity contribution < 1.29 is 4.74 Å². The normalized spacial score (nSPS) is 10.3. The van der Waals surface area contributed by atoms with E-state index in [1.54, 1.807) is 0 Å². The van der Waals surface area contributed by atoms with E-state index in [1.165, 1.54) is 11.1 Å². The third-order valence-electron chi connectivity index (χ3n) is 2.89. The molecular formula is C17H19O. The van der Waals surface area contributed by atoms with Crippen LogP contribution in [0.5, 0.6) is 5.75 Å². The van der Waals surface area contributed by atoms with Gasteiger partial charge in [-0.1, -0.05) is 49.4 Å². The Morgan fingerprint density at radius 2 is 1.44 bits per heavy atom. The van der Waals surface area contributed by atoms with Gasteiger partial charge in [-0.2, -0.15) is 0 Å². The van der Waals surface area contributed by atoms with Gasteiger partial charge in [0.05, 0.1) is 6.61 Å². The molecule has 0 unspecified atom stereocenters. The molecule has 1 heteroatoms. The molecule has 0 spiro atoms. The summed E-state index contributed by atoms with van der Waals surface area (Å²) in [6.07, 6.45) is 2.92. The number of hydrogen-bond donors (Lipinski definition) is 0. The zero-order valence-corrected chi connectivity index (χ0v) is 10.6. The van der Waals surface area contributed by atoms with Gasteiger partial charge in [0.25, 0.3) is 0 Å². The molecule has 1 nitrogen and oxygen atoms in total. The average molecular weight is 239 g/mol. The Bertz CT molecular complexity index is 445. The molecule has 93 valence electrons. The van der Waals surface area contributed by atoms with Crippen LogP contribution in [0.4, 0.5) is 0 Å². The molecule has 2 aromatic carbocycles. The number of rotatable bonds is 6. The first-order valence-electron chi connectivity index (χ1n) is 6.43. The Kier molecular flexibility index (Phi) is 4.83. The lowest BCUT2D eigenvalue weighted by Gasteiger charge is -2.07. The third-order valence-corrected chi connectivity index (χ3v) is 2.89. The largest absolute Gasteiger partial charge is 0.493 e. The van der Waals surface area contributed by atoms with Crippen LogP contribution in [-0.4, -0.2) is 6.61 Å². The van der Waals surface area contributed by atoms with E-state index in [2.05, 4.69) is 43.3 Å². The SMILES string of the molecule is [CH2]CCc1ccc(OCCc2ccccc2)cc1. The predicted molar refractivity (Wildman–Crippen MR) is 75.8 cm³/mol. The molecule has 0 aliphatic rings. The highest BCUT2D eigenvalue weighted by Gasteiger charge is 1.96.